The Morgan fingerprint density at radius 3 is 2.69 bits per heavy atom. The molecule has 0 unspecified atom stereocenters. The quantitative estimate of drug-likeness (QED) is 0.615. The number of phenolic OH excluding ortho intramolecular Hbond substituents is 1. The number of hydrogen-bond acceptors (Lipinski definition) is 6. The molecule has 29 heavy (non-hydrogen) atoms. The maximum absolute atomic E-state index is 11.1. The third kappa shape index (κ3) is 3.42. The fourth-order valence-corrected chi connectivity index (χ4v) is 4.10. The van der Waals surface area contributed by atoms with Gasteiger partial charge in [-0.05, 0) is 11.6 Å². The molecule has 0 aliphatic carbocycles. The van der Waals surface area contributed by atoms with Crippen LogP contribution in [0, 0.1) is 0 Å². The lowest BCUT2D eigenvalue weighted by Crippen LogP contribution is -2.57. The number of para-hydroxylation sites is 1. The molecular weight excluding hydrogens is 370 g/mol. The molecule has 1 aromatic heterocycles. The summed E-state index contributed by atoms with van der Waals surface area (Å²) in [6.45, 7) is 0.823. The van der Waals surface area contributed by atoms with Crippen LogP contribution in [0.3, 0.4) is 0 Å². The fraction of sp³-hybridized carbons (Fsp3) is 0.318. The van der Waals surface area contributed by atoms with Crippen molar-refractivity contribution in [1.82, 2.24) is 15.1 Å². The second-order valence-electron chi connectivity index (χ2n) is 7.47. The first-order chi connectivity index (χ1) is 14.2. The number of ether oxygens (including phenoxy) is 2. The number of phenols is 1. The van der Waals surface area contributed by atoms with E-state index >= 15 is 0 Å². The smallest absolute Gasteiger partial charge is 0.183 e. The van der Waals surface area contributed by atoms with Crippen LogP contribution in [0.4, 0.5) is 0 Å². The summed E-state index contributed by atoms with van der Waals surface area (Å²) in [5.74, 6) is 0.225. The minimum atomic E-state index is -0.754. The molecule has 0 amide bonds. The molecule has 2 aliphatic heterocycles. The summed E-state index contributed by atoms with van der Waals surface area (Å²) in [4.78, 5) is 0. The average Bonchev–Trinajstić information content (AvgIpc) is 3.39. The minimum absolute atomic E-state index is 0.225. The number of rotatable bonds is 5. The van der Waals surface area contributed by atoms with Gasteiger partial charge in [-0.25, -0.2) is 0 Å². The molecule has 2 bridgehead atoms. The molecule has 0 saturated carbocycles. The molecule has 3 N–H and O–H groups in total. The molecule has 7 heteroatoms. The van der Waals surface area contributed by atoms with E-state index in [0.717, 1.165) is 16.7 Å². The number of aliphatic hydroxyl groups excluding tert-OH is 1. The van der Waals surface area contributed by atoms with Crippen molar-refractivity contribution in [1.29, 1.82) is 0 Å². The van der Waals surface area contributed by atoms with Gasteiger partial charge in [0, 0.05) is 23.9 Å². The van der Waals surface area contributed by atoms with E-state index in [4.69, 9.17) is 9.47 Å². The van der Waals surface area contributed by atoms with Gasteiger partial charge in [0.1, 0.15) is 17.9 Å². The molecule has 3 aromatic rings. The number of benzene rings is 2. The summed E-state index contributed by atoms with van der Waals surface area (Å²) in [6, 6.07) is 16.3. The maximum atomic E-state index is 11.1. The molecule has 150 valence electrons. The van der Waals surface area contributed by atoms with Crippen LogP contribution in [0.15, 0.2) is 67.0 Å². The highest BCUT2D eigenvalue weighted by molar-refractivity contribution is 5.61. The van der Waals surface area contributed by atoms with Gasteiger partial charge in [0.15, 0.2) is 6.29 Å². The van der Waals surface area contributed by atoms with E-state index in [2.05, 4.69) is 10.4 Å². The van der Waals surface area contributed by atoms with Crippen molar-refractivity contribution < 1.29 is 19.7 Å². The third-order valence-corrected chi connectivity index (χ3v) is 5.66. The fourth-order valence-electron chi connectivity index (χ4n) is 4.10. The zero-order valence-electron chi connectivity index (χ0n) is 15.8. The van der Waals surface area contributed by atoms with Crippen LogP contribution in [0.1, 0.15) is 11.6 Å². The number of aliphatic hydroxyl groups is 1. The first kappa shape index (κ1) is 18.3. The van der Waals surface area contributed by atoms with Crippen molar-refractivity contribution in [3.8, 4) is 16.9 Å². The Labute approximate surface area is 168 Å². The van der Waals surface area contributed by atoms with Gasteiger partial charge in [0.2, 0.25) is 0 Å². The number of aromatic nitrogens is 2. The minimum Gasteiger partial charge on any atom is -0.508 e. The van der Waals surface area contributed by atoms with Crippen LogP contribution < -0.4 is 5.32 Å². The van der Waals surface area contributed by atoms with Crippen LogP contribution in [-0.2, 0) is 16.0 Å². The Morgan fingerprint density at radius 1 is 1.07 bits per heavy atom. The molecule has 7 nitrogen and oxygen atoms in total. The van der Waals surface area contributed by atoms with Gasteiger partial charge in [-0.2, -0.15) is 5.10 Å². The zero-order valence-corrected chi connectivity index (χ0v) is 15.8. The van der Waals surface area contributed by atoms with E-state index in [9.17, 15) is 10.2 Å². The summed E-state index contributed by atoms with van der Waals surface area (Å²) >= 11 is 0. The van der Waals surface area contributed by atoms with E-state index < -0.39 is 18.4 Å². The molecule has 2 aliphatic rings. The first-order valence-electron chi connectivity index (χ1n) is 9.75. The third-order valence-electron chi connectivity index (χ3n) is 5.66. The van der Waals surface area contributed by atoms with Gasteiger partial charge in [-0.3, -0.25) is 4.68 Å². The largest absolute Gasteiger partial charge is 0.508 e. The van der Waals surface area contributed by atoms with E-state index in [0.29, 0.717) is 13.2 Å². The maximum Gasteiger partial charge on any atom is 0.183 e. The number of fused-ring (bicyclic) bond motifs is 2. The Hall–Kier alpha value is -2.71. The Morgan fingerprint density at radius 2 is 1.86 bits per heavy atom. The van der Waals surface area contributed by atoms with Crippen molar-refractivity contribution >= 4 is 0 Å². The number of nitrogens with one attached hydrogen (secondary N) is 1. The lowest BCUT2D eigenvalue weighted by molar-refractivity contribution is -0.168. The van der Waals surface area contributed by atoms with Gasteiger partial charge in [-0.15, -0.1) is 0 Å². The molecule has 2 saturated heterocycles. The second kappa shape index (κ2) is 7.61. The molecular formula is C22H23N3O4. The van der Waals surface area contributed by atoms with Gasteiger partial charge in [0.05, 0.1) is 24.9 Å². The van der Waals surface area contributed by atoms with Crippen molar-refractivity contribution in [2.75, 3.05) is 6.61 Å². The van der Waals surface area contributed by atoms with Gasteiger partial charge >= 0.3 is 0 Å². The highest BCUT2D eigenvalue weighted by Crippen LogP contribution is 2.36. The molecule has 0 radical (unpaired) electrons. The number of nitrogens with zero attached hydrogens (tertiary/aromatic N) is 2. The Balaban J connectivity index is 1.37. The Kier molecular flexibility index (Phi) is 4.81. The predicted octanol–water partition coefficient (Wildman–Crippen LogP) is 2.07. The van der Waals surface area contributed by atoms with Crippen LogP contribution in [-0.4, -0.2) is 51.1 Å². The molecule has 3 heterocycles. The lowest BCUT2D eigenvalue weighted by atomic mass is 9.95. The number of aromatic hydroxyl groups is 1. The van der Waals surface area contributed by atoms with Crippen molar-refractivity contribution in [3.05, 3.63) is 72.6 Å². The van der Waals surface area contributed by atoms with Crippen molar-refractivity contribution in [2.45, 2.75) is 37.1 Å². The van der Waals surface area contributed by atoms with Crippen LogP contribution in [0.25, 0.3) is 11.1 Å². The molecule has 0 spiro atoms. The van der Waals surface area contributed by atoms with Crippen molar-refractivity contribution in [3.63, 3.8) is 0 Å². The van der Waals surface area contributed by atoms with E-state index in [1.807, 2.05) is 48.7 Å². The van der Waals surface area contributed by atoms with Crippen molar-refractivity contribution in [2.24, 2.45) is 0 Å². The summed E-state index contributed by atoms with van der Waals surface area (Å²) in [5, 5.41) is 29.0. The van der Waals surface area contributed by atoms with E-state index in [-0.39, 0.29) is 17.9 Å². The summed E-state index contributed by atoms with van der Waals surface area (Å²) in [5.41, 5.74) is 2.80. The monoisotopic (exact) mass is 393 g/mol. The summed E-state index contributed by atoms with van der Waals surface area (Å²) in [7, 11) is 0. The average molecular weight is 393 g/mol. The van der Waals surface area contributed by atoms with E-state index in [1.165, 1.54) is 0 Å². The molecule has 2 aromatic carbocycles. The SMILES string of the molecule is Oc1ccccc1CN[C@H]1[C@H](O)[C@@H](n2cc(-c3ccccc3)cn2)[C@@H]2OC[C@H]1O2. The predicted molar refractivity (Wildman–Crippen MR) is 106 cm³/mol. The summed E-state index contributed by atoms with van der Waals surface area (Å²) in [6.07, 6.45) is 2.15. The van der Waals surface area contributed by atoms with Crippen LogP contribution in [0.2, 0.25) is 0 Å². The highest BCUT2D eigenvalue weighted by atomic mass is 16.7. The van der Waals surface area contributed by atoms with Gasteiger partial charge in [0.25, 0.3) is 0 Å². The topological polar surface area (TPSA) is 88.8 Å². The Bertz CT molecular complexity index is 977. The first-order valence-corrected chi connectivity index (χ1v) is 9.75. The van der Waals surface area contributed by atoms with Crippen LogP contribution in [0.5, 0.6) is 5.75 Å². The standard InChI is InChI=1S/C22H23N3O4/c26-17-9-5-4-8-15(17)10-23-19-18-13-28-22(29-18)20(21(19)27)25-12-16(11-24-25)14-6-2-1-3-7-14/h1-9,11-12,18-23,26-27H,10,13H2/t18-,19-,20-,21+,22-/m1/s1. The van der Waals surface area contributed by atoms with E-state index in [1.54, 1.807) is 23.0 Å². The zero-order chi connectivity index (χ0) is 19.8. The molecule has 5 atom stereocenters. The molecule has 2 fully saturated rings. The lowest BCUT2D eigenvalue weighted by Gasteiger charge is -2.38. The van der Waals surface area contributed by atoms with Crippen LogP contribution >= 0.6 is 0 Å². The van der Waals surface area contributed by atoms with Gasteiger partial charge < -0.3 is 25.0 Å². The normalized spacial score (nSPS) is 28.5. The highest BCUT2D eigenvalue weighted by Gasteiger charge is 2.51. The number of hydrogen-bond donors (Lipinski definition) is 3. The second-order valence-corrected chi connectivity index (χ2v) is 7.47. The van der Waals surface area contributed by atoms with Gasteiger partial charge in [-0.1, -0.05) is 48.5 Å². The molecule has 5 rings (SSSR count). The summed E-state index contributed by atoms with van der Waals surface area (Å²) < 4.78 is 13.5.